The second kappa shape index (κ2) is 3.58. The molecule has 0 unspecified atom stereocenters. The Balaban J connectivity index is 2.33. The molecule has 1 aromatic carbocycles. The van der Waals surface area contributed by atoms with Gasteiger partial charge >= 0.3 is 0 Å². The minimum atomic E-state index is 0.117. The van der Waals surface area contributed by atoms with Gasteiger partial charge in [-0.05, 0) is 23.6 Å². The standard InChI is InChI=1S/C13H16O/c1-9-6-4-5-7-12(9)13-11(3)10(2)8-14-13/h4-7,10,13H,3,8H2,1-2H3/t10-,13-/m1/s1. The molecule has 0 radical (unpaired) electrons. The number of benzene rings is 1. The van der Waals surface area contributed by atoms with Crippen LogP contribution in [-0.2, 0) is 4.74 Å². The monoisotopic (exact) mass is 188 g/mol. The van der Waals surface area contributed by atoms with Gasteiger partial charge in [0.15, 0.2) is 0 Å². The molecule has 2 rings (SSSR count). The summed E-state index contributed by atoms with van der Waals surface area (Å²) in [6.07, 6.45) is 0.117. The maximum absolute atomic E-state index is 5.74. The Kier molecular flexibility index (Phi) is 2.42. The number of ether oxygens (including phenoxy) is 1. The van der Waals surface area contributed by atoms with Crippen molar-refractivity contribution in [2.24, 2.45) is 5.92 Å². The molecular weight excluding hydrogens is 172 g/mol. The van der Waals surface area contributed by atoms with Gasteiger partial charge in [-0.25, -0.2) is 0 Å². The zero-order chi connectivity index (χ0) is 10.1. The third-order valence-electron chi connectivity index (χ3n) is 2.95. The van der Waals surface area contributed by atoms with Crippen LogP contribution >= 0.6 is 0 Å². The maximum atomic E-state index is 5.74. The van der Waals surface area contributed by atoms with E-state index in [1.165, 1.54) is 16.7 Å². The van der Waals surface area contributed by atoms with Crippen LogP contribution in [0.1, 0.15) is 24.2 Å². The SMILES string of the molecule is C=C1[C@H](C)CO[C@H]1c1ccccc1C. The van der Waals surface area contributed by atoms with Crippen LogP contribution in [0.25, 0.3) is 0 Å². The first-order valence-corrected chi connectivity index (χ1v) is 5.06. The second-order valence-electron chi connectivity index (χ2n) is 4.05. The van der Waals surface area contributed by atoms with E-state index >= 15 is 0 Å². The van der Waals surface area contributed by atoms with E-state index in [1.54, 1.807) is 0 Å². The second-order valence-corrected chi connectivity index (χ2v) is 4.05. The molecule has 0 amide bonds. The molecule has 1 aliphatic heterocycles. The summed E-state index contributed by atoms with van der Waals surface area (Å²) in [5.41, 5.74) is 3.76. The quantitative estimate of drug-likeness (QED) is 0.615. The van der Waals surface area contributed by atoms with Crippen molar-refractivity contribution in [2.75, 3.05) is 6.61 Å². The van der Waals surface area contributed by atoms with Crippen LogP contribution in [0.15, 0.2) is 36.4 Å². The third-order valence-corrected chi connectivity index (χ3v) is 2.95. The van der Waals surface area contributed by atoms with Gasteiger partial charge in [-0.3, -0.25) is 0 Å². The van der Waals surface area contributed by atoms with Crippen LogP contribution in [0.2, 0.25) is 0 Å². The van der Waals surface area contributed by atoms with Crippen molar-refractivity contribution in [2.45, 2.75) is 20.0 Å². The highest BCUT2D eigenvalue weighted by Crippen LogP contribution is 2.37. The van der Waals surface area contributed by atoms with Gasteiger partial charge in [0.05, 0.1) is 6.61 Å². The van der Waals surface area contributed by atoms with Gasteiger partial charge in [-0.2, -0.15) is 0 Å². The molecule has 0 aliphatic carbocycles. The Morgan fingerprint density at radius 3 is 2.64 bits per heavy atom. The van der Waals surface area contributed by atoms with Crippen molar-refractivity contribution in [1.82, 2.24) is 0 Å². The van der Waals surface area contributed by atoms with E-state index in [0.29, 0.717) is 5.92 Å². The number of hydrogen-bond acceptors (Lipinski definition) is 1. The van der Waals surface area contributed by atoms with E-state index in [2.05, 4.69) is 44.7 Å². The fraction of sp³-hybridized carbons (Fsp3) is 0.385. The normalized spacial score (nSPS) is 26.9. The number of rotatable bonds is 1. The molecule has 0 spiro atoms. The Morgan fingerprint density at radius 1 is 1.36 bits per heavy atom. The molecule has 1 aliphatic rings. The predicted octanol–water partition coefficient (Wildman–Crippen LogP) is 3.26. The molecule has 1 heteroatoms. The van der Waals surface area contributed by atoms with Crippen molar-refractivity contribution in [3.63, 3.8) is 0 Å². The van der Waals surface area contributed by atoms with Crippen LogP contribution in [0.3, 0.4) is 0 Å². The molecular formula is C13H16O. The van der Waals surface area contributed by atoms with Crippen LogP contribution in [0, 0.1) is 12.8 Å². The summed E-state index contributed by atoms with van der Waals surface area (Å²) in [4.78, 5) is 0. The summed E-state index contributed by atoms with van der Waals surface area (Å²) >= 11 is 0. The Hall–Kier alpha value is -1.08. The van der Waals surface area contributed by atoms with Gasteiger partial charge in [-0.15, -0.1) is 0 Å². The molecule has 0 aromatic heterocycles. The topological polar surface area (TPSA) is 9.23 Å². The minimum absolute atomic E-state index is 0.117. The van der Waals surface area contributed by atoms with Gasteiger partial charge in [0, 0.05) is 5.92 Å². The van der Waals surface area contributed by atoms with Crippen molar-refractivity contribution in [1.29, 1.82) is 0 Å². The smallest absolute Gasteiger partial charge is 0.104 e. The Morgan fingerprint density at radius 2 is 2.07 bits per heavy atom. The molecule has 74 valence electrons. The van der Waals surface area contributed by atoms with Crippen LogP contribution in [0.4, 0.5) is 0 Å². The first kappa shape index (κ1) is 9.47. The highest BCUT2D eigenvalue weighted by Gasteiger charge is 2.28. The lowest BCUT2D eigenvalue weighted by atomic mass is 9.94. The molecule has 0 N–H and O–H groups in total. The fourth-order valence-corrected chi connectivity index (χ4v) is 1.88. The van der Waals surface area contributed by atoms with Gasteiger partial charge in [0.2, 0.25) is 0 Å². The average Bonchev–Trinajstić information content (AvgIpc) is 2.49. The Labute approximate surface area is 85.4 Å². The molecule has 1 heterocycles. The third kappa shape index (κ3) is 1.48. The lowest BCUT2D eigenvalue weighted by Gasteiger charge is -2.14. The molecule has 0 bridgehead atoms. The van der Waals surface area contributed by atoms with E-state index in [4.69, 9.17) is 4.74 Å². The Bertz CT molecular complexity index is 354. The lowest BCUT2D eigenvalue weighted by Crippen LogP contribution is -2.00. The molecule has 1 saturated heterocycles. The van der Waals surface area contributed by atoms with Crippen LogP contribution in [-0.4, -0.2) is 6.61 Å². The van der Waals surface area contributed by atoms with Gasteiger partial charge in [-0.1, -0.05) is 37.8 Å². The summed E-state index contributed by atoms with van der Waals surface area (Å²) in [5.74, 6) is 0.486. The van der Waals surface area contributed by atoms with E-state index in [0.717, 1.165) is 6.61 Å². The molecule has 1 fully saturated rings. The molecule has 1 nitrogen and oxygen atoms in total. The highest BCUT2D eigenvalue weighted by molar-refractivity contribution is 5.34. The average molecular weight is 188 g/mol. The van der Waals surface area contributed by atoms with Gasteiger partial charge in [0.1, 0.15) is 6.10 Å². The van der Waals surface area contributed by atoms with E-state index in [9.17, 15) is 0 Å². The number of aryl methyl sites for hydroxylation is 1. The van der Waals surface area contributed by atoms with E-state index in [-0.39, 0.29) is 6.10 Å². The molecule has 1 aromatic rings. The van der Waals surface area contributed by atoms with Crippen molar-refractivity contribution >= 4 is 0 Å². The first-order valence-electron chi connectivity index (χ1n) is 5.06. The molecule has 2 atom stereocenters. The van der Waals surface area contributed by atoms with Crippen molar-refractivity contribution in [3.05, 3.63) is 47.5 Å². The van der Waals surface area contributed by atoms with E-state index in [1.807, 2.05) is 0 Å². The summed E-state index contributed by atoms with van der Waals surface area (Å²) in [7, 11) is 0. The largest absolute Gasteiger partial charge is 0.369 e. The van der Waals surface area contributed by atoms with Crippen LogP contribution in [0.5, 0.6) is 0 Å². The maximum Gasteiger partial charge on any atom is 0.104 e. The minimum Gasteiger partial charge on any atom is -0.369 e. The summed E-state index contributed by atoms with van der Waals surface area (Å²) in [6, 6.07) is 8.36. The van der Waals surface area contributed by atoms with Gasteiger partial charge < -0.3 is 4.74 Å². The zero-order valence-electron chi connectivity index (χ0n) is 8.79. The van der Waals surface area contributed by atoms with Gasteiger partial charge in [0.25, 0.3) is 0 Å². The van der Waals surface area contributed by atoms with Crippen LogP contribution < -0.4 is 0 Å². The van der Waals surface area contributed by atoms with Crippen molar-refractivity contribution in [3.8, 4) is 0 Å². The lowest BCUT2D eigenvalue weighted by molar-refractivity contribution is 0.117. The summed E-state index contributed by atoms with van der Waals surface area (Å²) in [6.45, 7) is 9.20. The molecule has 0 saturated carbocycles. The number of hydrogen-bond donors (Lipinski definition) is 0. The zero-order valence-corrected chi connectivity index (χ0v) is 8.79. The highest BCUT2D eigenvalue weighted by atomic mass is 16.5. The van der Waals surface area contributed by atoms with E-state index < -0.39 is 0 Å². The summed E-state index contributed by atoms with van der Waals surface area (Å²) in [5, 5.41) is 0. The molecule has 14 heavy (non-hydrogen) atoms. The first-order chi connectivity index (χ1) is 6.70. The summed E-state index contributed by atoms with van der Waals surface area (Å²) < 4.78 is 5.74. The predicted molar refractivity (Wildman–Crippen MR) is 58.2 cm³/mol. The fourth-order valence-electron chi connectivity index (χ4n) is 1.88. The van der Waals surface area contributed by atoms with Crippen molar-refractivity contribution < 1.29 is 4.74 Å².